The third-order valence-electron chi connectivity index (χ3n) is 2.39. The summed E-state index contributed by atoms with van der Waals surface area (Å²) in [7, 11) is 0. The molecule has 1 heterocycles. The molecule has 0 fully saturated rings. The molecule has 1 aromatic heterocycles. The fourth-order valence-electron chi connectivity index (χ4n) is 1.59. The predicted octanol–water partition coefficient (Wildman–Crippen LogP) is 1.79. The average Bonchev–Trinajstić information content (AvgIpc) is 2.02. The van der Waals surface area contributed by atoms with Gasteiger partial charge in [-0.2, -0.15) is 0 Å². The third kappa shape index (κ3) is 2.51. The minimum Gasteiger partial charge on any atom is -0.330 e. The van der Waals surface area contributed by atoms with Gasteiger partial charge in [0.1, 0.15) is 5.82 Å². The van der Waals surface area contributed by atoms with Gasteiger partial charge >= 0.3 is 0 Å². The number of aryl methyl sites for hydroxylation is 2. The minimum atomic E-state index is 0.272. The molecular formula is C11H19N3. The van der Waals surface area contributed by atoms with Crippen molar-refractivity contribution in [3.05, 3.63) is 23.3 Å². The highest BCUT2D eigenvalue weighted by Gasteiger charge is 2.17. The van der Waals surface area contributed by atoms with Crippen LogP contribution in [0.5, 0.6) is 0 Å². The van der Waals surface area contributed by atoms with Gasteiger partial charge in [-0.15, -0.1) is 0 Å². The molecule has 78 valence electrons. The monoisotopic (exact) mass is 193 g/mol. The summed E-state index contributed by atoms with van der Waals surface area (Å²) in [4.78, 5) is 8.87. The van der Waals surface area contributed by atoms with Crippen LogP contribution in [0.3, 0.4) is 0 Å². The van der Waals surface area contributed by atoms with E-state index >= 15 is 0 Å². The molecule has 0 aliphatic heterocycles. The fraction of sp³-hybridized carbons (Fsp3) is 0.636. The highest BCUT2D eigenvalue weighted by molar-refractivity contribution is 5.11. The molecule has 0 saturated heterocycles. The van der Waals surface area contributed by atoms with Crippen LogP contribution in [0.4, 0.5) is 0 Å². The molecular weight excluding hydrogens is 174 g/mol. The van der Waals surface area contributed by atoms with Crippen molar-refractivity contribution in [2.45, 2.75) is 33.6 Å². The van der Waals surface area contributed by atoms with Crippen LogP contribution >= 0.6 is 0 Å². The Kier molecular flexibility index (Phi) is 3.58. The maximum atomic E-state index is 5.73. The van der Waals surface area contributed by atoms with Crippen LogP contribution in [0.15, 0.2) is 6.07 Å². The summed E-state index contributed by atoms with van der Waals surface area (Å²) in [5, 5.41) is 0. The Bertz CT molecular complexity index is 287. The maximum Gasteiger partial charge on any atom is 0.133 e. The van der Waals surface area contributed by atoms with E-state index in [9.17, 15) is 0 Å². The first-order valence-electron chi connectivity index (χ1n) is 5.06. The van der Waals surface area contributed by atoms with E-state index in [1.807, 2.05) is 19.9 Å². The van der Waals surface area contributed by atoms with Crippen molar-refractivity contribution in [1.29, 1.82) is 0 Å². The van der Waals surface area contributed by atoms with Gasteiger partial charge in [-0.25, -0.2) is 9.97 Å². The van der Waals surface area contributed by atoms with E-state index in [1.165, 1.54) is 0 Å². The van der Waals surface area contributed by atoms with Crippen LogP contribution in [0.1, 0.15) is 37.0 Å². The zero-order chi connectivity index (χ0) is 10.7. The van der Waals surface area contributed by atoms with Gasteiger partial charge in [0.05, 0.1) is 0 Å². The highest BCUT2D eigenvalue weighted by Crippen LogP contribution is 2.20. The summed E-state index contributed by atoms with van der Waals surface area (Å²) in [6, 6.07) is 1.98. The minimum absolute atomic E-state index is 0.272. The summed E-state index contributed by atoms with van der Waals surface area (Å²) in [5.74, 6) is 1.65. The molecule has 1 aromatic rings. The van der Waals surface area contributed by atoms with E-state index in [4.69, 9.17) is 5.73 Å². The molecule has 0 saturated carbocycles. The number of nitrogens with zero attached hydrogens (tertiary/aromatic N) is 2. The second-order valence-corrected chi connectivity index (χ2v) is 4.10. The summed E-state index contributed by atoms with van der Waals surface area (Å²) in [5.41, 5.74) is 7.77. The van der Waals surface area contributed by atoms with Crippen molar-refractivity contribution in [3.63, 3.8) is 0 Å². The van der Waals surface area contributed by atoms with E-state index in [2.05, 4.69) is 23.8 Å². The molecule has 1 unspecified atom stereocenters. The third-order valence-corrected chi connectivity index (χ3v) is 2.39. The van der Waals surface area contributed by atoms with Gasteiger partial charge < -0.3 is 5.73 Å². The Hall–Kier alpha value is -0.960. The number of rotatable bonds is 3. The summed E-state index contributed by atoms with van der Waals surface area (Å²) < 4.78 is 0. The summed E-state index contributed by atoms with van der Waals surface area (Å²) in [6.07, 6.45) is 0. The van der Waals surface area contributed by atoms with Crippen LogP contribution < -0.4 is 5.73 Å². The van der Waals surface area contributed by atoms with Gasteiger partial charge in [0.2, 0.25) is 0 Å². The normalized spacial score (nSPS) is 13.3. The predicted molar refractivity (Wildman–Crippen MR) is 58.1 cm³/mol. The van der Waals surface area contributed by atoms with Gasteiger partial charge in [0.25, 0.3) is 0 Å². The molecule has 1 atom stereocenters. The topological polar surface area (TPSA) is 51.8 Å². The quantitative estimate of drug-likeness (QED) is 0.796. The lowest BCUT2D eigenvalue weighted by molar-refractivity contribution is 0.481. The lowest BCUT2D eigenvalue weighted by Gasteiger charge is -2.17. The van der Waals surface area contributed by atoms with E-state index < -0.39 is 0 Å². The lowest BCUT2D eigenvalue weighted by Crippen LogP contribution is -2.20. The highest BCUT2D eigenvalue weighted by atomic mass is 14.9. The Morgan fingerprint density at radius 1 is 1.21 bits per heavy atom. The second kappa shape index (κ2) is 4.51. The smallest absolute Gasteiger partial charge is 0.133 e. The molecule has 0 aliphatic carbocycles. The molecule has 0 bridgehead atoms. The molecule has 2 N–H and O–H groups in total. The molecule has 0 amide bonds. The van der Waals surface area contributed by atoms with Crippen LogP contribution in [0.25, 0.3) is 0 Å². The Labute approximate surface area is 85.8 Å². The van der Waals surface area contributed by atoms with E-state index in [-0.39, 0.29) is 5.92 Å². The van der Waals surface area contributed by atoms with Gasteiger partial charge in [-0.05, 0) is 25.8 Å². The first-order valence-corrected chi connectivity index (χ1v) is 5.06. The standard InChI is InChI=1S/C11H19N3/c1-7(2)10(6-12)11-13-8(3)5-9(4)14-11/h5,7,10H,6,12H2,1-4H3. The van der Waals surface area contributed by atoms with Crippen molar-refractivity contribution in [1.82, 2.24) is 9.97 Å². The maximum absolute atomic E-state index is 5.73. The van der Waals surface area contributed by atoms with Gasteiger partial charge in [-0.1, -0.05) is 13.8 Å². The molecule has 0 aromatic carbocycles. The molecule has 3 heteroatoms. The zero-order valence-electron chi connectivity index (χ0n) is 9.41. The molecule has 0 spiro atoms. The van der Waals surface area contributed by atoms with Crippen molar-refractivity contribution in [2.24, 2.45) is 11.7 Å². The van der Waals surface area contributed by atoms with Crippen molar-refractivity contribution >= 4 is 0 Å². The van der Waals surface area contributed by atoms with Crippen molar-refractivity contribution < 1.29 is 0 Å². The second-order valence-electron chi connectivity index (χ2n) is 4.10. The number of aromatic nitrogens is 2. The summed E-state index contributed by atoms with van der Waals surface area (Å²) >= 11 is 0. The van der Waals surface area contributed by atoms with Crippen LogP contribution in [0.2, 0.25) is 0 Å². The van der Waals surface area contributed by atoms with Gasteiger partial charge in [-0.3, -0.25) is 0 Å². The van der Waals surface area contributed by atoms with E-state index in [1.54, 1.807) is 0 Å². The van der Waals surface area contributed by atoms with Gasteiger partial charge in [0, 0.05) is 23.9 Å². The SMILES string of the molecule is Cc1cc(C)nc(C(CN)C(C)C)n1. The van der Waals surface area contributed by atoms with Crippen molar-refractivity contribution in [2.75, 3.05) is 6.54 Å². The zero-order valence-corrected chi connectivity index (χ0v) is 9.41. The molecule has 3 nitrogen and oxygen atoms in total. The molecule has 14 heavy (non-hydrogen) atoms. The Morgan fingerprint density at radius 2 is 1.71 bits per heavy atom. The van der Waals surface area contributed by atoms with Crippen molar-refractivity contribution in [3.8, 4) is 0 Å². The largest absolute Gasteiger partial charge is 0.330 e. The number of hydrogen-bond donors (Lipinski definition) is 1. The fourth-order valence-corrected chi connectivity index (χ4v) is 1.59. The van der Waals surface area contributed by atoms with E-state index in [0.29, 0.717) is 12.5 Å². The molecule has 0 radical (unpaired) electrons. The Morgan fingerprint density at radius 3 is 2.07 bits per heavy atom. The van der Waals surface area contributed by atoms with Crippen LogP contribution in [-0.2, 0) is 0 Å². The van der Waals surface area contributed by atoms with Gasteiger partial charge in [0.15, 0.2) is 0 Å². The average molecular weight is 193 g/mol. The lowest BCUT2D eigenvalue weighted by atomic mass is 9.95. The van der Waals surface area contributed by atoms with Crippen LogP contribution in [0, 0.1) is 19.8 Å². The first-order chi connectivity index (χ1) is 6.54. The van der Waals surface area contributed by atoms with E-state index in [0.717, 1.165) is 17.2 Å². The number of hydrogen-bond acceptors (Lipinski definition) is 3. The molecule has 1 rings (SSSR count). The first kappa shape index (κ1) is 11.1. The van der Waals surface area contributed by atoms with Crippen LogP contribution in [-0.4, -0.2) is 16.5 Å². The number of nitrogens with two attached hydrogens (primary N) is 1. The Balaban J connectivity index is 3.04. The summed E-state index contributed by atoms with van der Waals surface area (Å²) in [6.45, 7) is 8.90. The molecule has 0 aliphatic rings.